The van der Waals surface area contributed by atoms with E-state index >= 15 is 0 Å². The Morgan fingerprint density at radius 1 is 1.10 bits per heavy atom. The van der Waals surface area contributed by atoms with Gasteiger partial charge in [0.05, 0.1) is 24.3 Å². The van der Waals surface area contributed by atoms with Crippen molar-refractivity contribution in [3.63, 3.8) is 0 Å². The lowest BCUT2D eigenvalue weighted by atomic mass is 10.2. The molecule has 0 radical (unpaired) electrons. The number of nitrogens with one attached hydrogen (secondary N) is 3. The van der Waals surface area contributed by atoms with Crippen molar-refractivity contribution in [2.24, 2.45) is 0 Å². The van der Waals surface area contributed by atoms with Crippen LogP contribution in [0.15, 0.2) is 101 Å². The Hall–Kier alpha value is -5.58. The van der Waals surface area contributed by atoms with Crippen LogP contribution in [0, 0.1) is 5.82 Å². The number of rotatable bonds is 9. The van der Waals surface area contributed by atoms with E-state index in [0.29, 0.717) is 11.6 Å². The van der Waals surface area contributed by atoms with Crippen molar-refractivity contribution in [2.75, 3.05) is 5.32 Å². The number of amides is 1. The largest absolute Gasteiger partial charge is 0.444 e. The van der Waals surface area contributed by atoms with E-state index in [0.717, 1.165) is 26.7 Å². The zero-order valence-corrected chi connectivity index (χ0v) is 22.5. The number of pyridine rings is 1. The molecule has 0 spiro atoms. The van der Waals surface area contributed by atoms with Crippen LogP contribution in [0.25, 0.3) is 33.7 Å². The highest BCUT2D eigenvalue weighted by Crippen LogP contribution is 2.24. The summed E-state index contributed by atoms with van der Waals surface area (Å²) in [6.45, 7) is 1.66. The molecule has 0 aliphatic heterocycles. The molecule has 0 saturated heterocycles. The summed E-state index contributed by atoms with van der Waals surface area (Å²) in [5.41, 5.74) is 2.77. The summed E-state index contributed by atoms with van der Waals surface area (Å²) in [5, 5.41) is 6.85. The lowest BCUT2D eigenvalue weighted by Crippen LogP contribution is -2.34. The Bertz CT molecular complexity index is 1900. The fraction of sp³-hybridized carbons (Fsp3) is 0.129. The number of fused-ring (bicyclic) bond motifs is 1. The van der Waals surface area contributed by atoms with E-state index in [1.54, 1.807) is 24.5 Å². The summed E-state index contributed by atoms with van der Waals surface area (Å²) in [7, 11) is 0. The van der Waals surface area contributed by atoms with Crippen molar-refractivity contribution >= 4 is 22.5 Å². The zero-order chi connectivity index (χ0) is 29.1. The SMILES string of the molecule is C[C@@H](Nc1cnc(-c2ccccc2F)n(CC(=O)NCc2cc3cnccc3[nH]2)c1=O)c1coc(-c2ccccc2)n1. The first kappa shape index (κ1) is 26.6. The first-order chi connectivity index (χ1) is 20.5. The molecule has 2 aromatic carbocycles. The maximum Gasteiger partial charge on any atom is 0.277 e. The first-order valence-electron chi connectivity index (χ1n) is 13.3. The topological polar surface area (TPSA) is 131 Å². The van der Waals surface area contributed by atoms with Crippen LogP contribution in [0.1, 0.15) is 24.4 Å². The smallest absolute Gasteiger partial charge is 0.277 e. The second-order valence-corrected chi connectivity index (χ2v) is 9.71. The van der Waals surface area contributed by atoms with Crippen LogP contribution in [0.3, 0.4) is 0 Å². The number of oxazole rings is 1. The predicted molar refractivity (Wildman–Crippen MR) is 156 cm³/mol. The quantitative estimate of drug-likeness (QED) is 0.224. The van der Waals surface area contributed by atoms with Gasteiger partial charge >= 0.3 is 0 Å². The molecule has 6 aromatic rings. The zero-order valence-electron chi connectivity index (χ0n) is 22.5. The lowest BCUT2D eigenvalue weighted by molar-refractivity contribution is -0.121. The molecule has 1 atom stereocenters. The molecule has 0 saturated carbocycles. The minimum atomic E-state index is -0.560. The van der Waals surface area contributed by atoms with Gasteiger partial charge in [-0.15, -0.1) is 0 Å². The van der Waals surface area contributed by atoms with Crippen LogP contribution < -0.4 is 16.2 Å². The second kappa shape index (κ2) is 11.5. The number of nitrogens with zero attached hydrogens (tertiary/aromatic N) is 4. The van der Waals surface area contributed by atoms with Crippen LogP contribution in [-0.2, 0) is 17.9 Å². The number of aromatic amines is 1. The summed E-state index contributed by atoms with van der Waals surface area (Å²) < 4.78 is 21.6. The number of H-pyrrole nitrogens is 1. The molecule has 3 N–H and O–H groups in total. The molecule has 4 aromatic heterocycles. The Morgan fingerprint density at radius 3 is 2.71 bits per heavy atom. The van der Waals surface area contributed by atoms with Gasteiger partial charge in [-0.1, -0.05) is 30.3 Å². The number of aromatic nitrogens is 5. The molecule has 1 amide bonds. The van der Waals surface area contributed by atoms with Gasteiger partial charge in [0.15, 0.2) is 0 Å². The molecule has 0 aliphatic carbocycles. The van der Waals surface area contributed by atoms with Crippen molar-refractivity contribution in [3.05, 3.63) is 119 Å². The average Bonchev–Trinajstić information content (AvgIpc) is 3.67. The Labute approximate surface area is 239 Å². The van der Waals surface area contributed by atoms with Crippen molar-refractivity contribution in [2.45, 2.75) is 26.1 Å². The van der Waals surface area contributed by atoms with E-state index in [2.05, 4.69) is 30.6 Å². The molecule has 0 unspecified atom stereocenters. The molecular formula is C31H26FN7O3. The fourth-order valence-corrected chi connectivity index (χ4v) is 4.62. The molecule has 10 nitrogen and oxygen atoms in total. The van der Waals surface area contributed by atoms with Crippen LogP contribution >= 0.6 is 0 Å². The molecular weight excluding hydrogens is 537 g/mol. The van der Waals surface area contributed by atoms with E-state index in [1.807, 2.05) is 49.4 Å². The maximum atomic E-state index is 14.8. The van der Waals surface area contributed by atoms with E-state index in [4.69, 9.17) is 4.42 Å². The highest BCUT2D eigenvalue weighted by atomic mass is 19.1. The number of hydrogen-bond donors (Lipinski definition) is 3. The Morgan fingerprint density at radius 2 is 1.90 bits per heavy atom. The van der Waals surface area contributed by atoms with Gasteiger partial charge in [0.1, 0.15) is 35.8 Å². The van der Waals surface area contributed by atoms with E-state index in [-0.39, 0.29) is 30.2 Å². The van der Waals surface area contributed by atoms with Crippen molar-refractivity contribution in [1.29, 1.82) is 0 Å². The molecule has 0 bridgehead atoms. The van der Waals surface area contributed by atoms with Gasteiger partial charge in [-0.2, -0.15) is 0 Å². The standard InChI is InChI=1S/C31H26FN7O3/c1-19(27-18-42-30(38-27)20-7-3-2-4-8-20)36-26-16-35-29(23-9-5-6-10-24(23)32)39(31(26)41)17-28(40)34-15-22-13-21-14-33-12-11-25(21)37-22/h2-14,16,18-19,36-37H,15,17H2,1H3,(H,34,40)/t19-/m1/s1. The number of carbonyl (C=O) groups is 1. The van der Waals surface area contributed by atoms with Gasteiger partial charge in [0.2, 0.25) is 11.8 Å². The van der Waals surface area contributed by atoms with Crippen LogP contribution in [0.5, 0.6) is 0 Å². The number of carbonyl (C=O) groups excluding carboxylic acids is 1. The van der Waals surface area contributed by atoms with Crippen LogP contribution in [-0.4, -0.2) is 30.4 Å². The van der Waals surface area contributed by atoms with E-state index in [1.165, 1.54) is 24.6 Å². The predicted octanol–water partition coefficient (Wildman–Crippen LogP) is 5.07. The van der Waals surface area contributed by atoms with Crippen molar-refractivity contribution < 1.29 is 13.6 Å². The highest BCUT2D eigenvalue weighted by Gasteiger charge is 2.20. The number of benzene rings is 2. The van der Waals surface area contributed by atoms with Gasteiger partial charge in [-0.05, 0) is 43.3 Å². The average molecular weight is 564 g/mol. The van der Waals surface area contributed by atoms with Gasteiger partial charge in [0, 0.05) is 34.6 Å². The second-order valence-electron chi connectivity index (χ2n) is 9.71. The number of anilines is 1. The fourth-order valence-electron chi connectivity index (χ4n) is 4.62. The minimum absolute atomic E-state index is 0.0379. The Balaban J connectivity index is 1.25. The summed E-state index contributed by atoms with van der Waals surface area (Å²) >= 11 is 0. The Kier molecular flexibility index (Phi) is 7.29. The van der Waals surface area contributed by atoms with Crippen LogP contribution in [0.4, 0.5) is 10.1 Å². The number of hydrogen-bond acceptors (Lipinski definition) is 7. The van der Waals surface area contributed by atoms with Crippen LogP contribution in [0.2, 0.25) is 0 Å². The summed E-state index contributed by atoms with van der Waals surface area (Å²) in [5.74, 6) is -0.513. The number of halogens is 1. The third-order valence-electron chi connectivity index (χ3n) is 6.77. The third-order valence-corrected chi connectivity index (χ3v) is 6.77. The minimum Gasteiger partial charge on any atom is -0.444 e. The summed E-state index contributed by atoms with van der Waals surface area (Å²) in [4.78, 5) is 43.0. The molecule has 11 heteroatoms. The first-order valence-corrected chi connectivity index (χ1v) is 13.3. The molecule has 0 fully saturated rings. The normalized spacial score (nSPS) is 11.9. The van der Waals surface area contributed by atoms with Gasteiger partial charge < -0.3 is 20.0 Å². The van der Waals surface area contributed by atoms with E-state index in [9.17, 15) is 14.0 Å². The lowest BCUT2D eigenvalue weighted by Gasteiger charge is -2.17. The molecule has 0 aliphatic rings. The molecule has 210 valence electrons. The summed E-state index contributed by atoms with van der Waals surface area (Å²) in [6.07, 6.45) is 6.26. The molecule has 4 heterocycles. The van der Waals surface area contributed by atoms with Gasteiger partial charge in [0.25, 0.3) is 5.56 Å². The molecule has 6 rings (SSSR count). The highest BCUT2D eigenvalue weighted by molar-refractivity contribution is 5.80. The molecule has 42 heavy (non-hydrogen) atoms. The third kappa shape index (κ3) is 5.52. The van der Waals surface area contributed by atoms with Gasteiger partial charge in [-0.25, -0.2) is 14.4 Å². The van der Waals surface area contributed by atoms with E-state index < -0.39 is 23.3 Å². The van der Waals surface area contributed by atoms with Crippen molar-refractivity contribution in [1.82, 2.24) is 29.8 Å². The summed E-state index contributed by atoms with van der Waals surface area (Å²) in [6, 6.07) is 18.7. The monoisotopic (exact) mass is 563 g/mol. The maximum absolute atomic E-state index is 14.8. The van der Waals surface area contributed by atoms with Crippen molar-refractivity contribution in [3.8, 4) is 22.8 Å². The van der Waals surface area contributed by atoms with Gasteiger partial charge in [-0.3, -0.25) is 19.1 Å².